The molecule has 28 heavy (non-hydrogen) atoms. The molecule has 140 valence electrons. The third kappa shape index (κ3) is 2.36. The number of hydrogen-bond donors (Lipinski definition) is 1. The van der Waals surface area contributed by atoms with Crippen molar-refractivity contribution < 1.29 is 14.4 Å². The van der Waals surface area contributed by atoms with Gasteiger partial charge in [0.2, 0.25) is 11.8 Å². The van der Waals surface area contributed by atoms with Crippen molar-refractivity contribution in [2.24, 2.45) is 11.8 Å². The molecular weight excluding hydrogens is 399 g/mol. The lowest BCUT2D eigenvalue weighted by atomic mass is 9.83. The maximum atomic E-state index is 13.4. The van der Waals surface area contributed by atoms with E-state index in [1.165, 1.54) is 6.07 Å². The van der Waals surface area contributed by atoms with Gasteiger partial charge in [0.25, 0.3) is 0 Å². The van der Waals surface area contributed by atoms with Gasteiger partial charge in [0.15, 0.2) is 5.78 Å². The van der Waals surface area contributed by atoms with Crippen molar-refractivity contribution in [1.29, 1.82) is 0 Å². The van der Waals surface area contributed by atoms with Crippen LogP contribution in [0.4, 0.5) is 0 Å². The molecule has 0 spiro atoms. The summed E-state index contributed by atoms with van der Waals surface area (Å²) in [5.41, 5.74) is 2.20. The summed E-state index contributed by atoms with van der Waals surface area (Å²) in [6.45, 7) is 0. The molecule has 2 amide bonds. The van der Waals surface area contributed by atoms with Crippen LogP contribution in [-0.2, 0) is 9.59 Å². The Morgan fingerprint density at radius 2 is 1.75 bits per heavy atom. The minimum absolute atomic E-state index is 0.226. The molecule has 1 N–H and O–H groups in total. The number of benzene rings is 2. The van der Waals surface area contributed by atoms with E-state index in [9.17, 15) is 14.4 Å². The lowest BCUT2D eigenvalue weighted by Gasteiger charge is -2.34. The summed E-state index contributed by atoms with van der Waals surface area (Å²) < 4.78 is 0. The van der Waals surface area contributed by atoms with Gasteiger partial charge in [-0.2, -0.15) is 0 Å². The zero-order chi connectivity index (χ0) is 19.6. The zero-order valence-corrected chi connectivity index (χ0v) is 15.9. The van der Waals surface area contributed by atoms with Crippen LogP contribution in [0, 0.1) is 11.8 Å². The molecular formula is C21H14Cl2N2O3. The molecule has 5 nitrogen and oxygen atoms in total. The number of amides is 2. The van der Waals surface area contributed by atoms with Gasteiger partial charge in [0.05, 0.1) is 22.9 Å². The van der Waals surface area contributed by atoms with Crippen LogP contribution in [0.25, 0.3) is 6.08 Å². The van der Waals surface area contributed by atoms with Gasteiger partial charge in [-0.15, -0.1) is 0 Å². The number of carbonyl (C=O) groups is 3. The van der Waals surface area contributed by atoms with Gasteiger partial charge in [0, 0.05) is 16.8 Å². The van der Waals surface area contributed by atoms with Crippen LogP contribution >= 0.6 is 23.2 Å². The molecule has 0 unspecified atom stereocenters. The summed E-state index contributed by atoms with van der Waals surface area (Å²) in [5.74, 6) is -2.45. The second-order valence-electron chi connectivity index (χ2n) is 7.18. The number of ketones is 1. The van der Waals surface area contributed by atoms with Gasteiger partial charge >= 0.3 is 0 Å². The number of halogens is 2. The number of nitrogens with one attached hydrogen (secondary N) is 1. The smallest absolute Gasteiger partial charge is 0.233 e. The lowest BCUT2D eigenvalue weighted by molar-refractivity contribution is -0.127. The van der Waals surface area contributed by atoms with Crippen LogP contribution in [0.5, 0.6) is 0 Å². The molecule has 3 aliphatic rings. The normalized spacial score (nSPS) is 27.3. The summed E-state index contributed by atoms with van der Waals surface area (Å²) >= 11 is 12.2. The van der Waals surface area contributed by atoms with E-state index in [0.29, 0.717) is 5.02 Å². The molecule has 3 aliphatic heterocycles. The minimum Gasteiger partial charge on any atom is -0.358 e. The minimum atomic E-state index is -0.815. The highest BCUT2D eigenvalue weighted by atomic mass is 35.5. The van der Waals surface area contributed by atoms with E-state index in [-0.39, 0.29) is 28.3 Å². The predicted molar refractivity (Wildman–Crippen MR) is 105 cm³/mol. The van der Waals surface area contributed by atoms with Crippen LogP contribution in [0.3, 0.4) is 0 Å². The third-order valence-corrected chi connectivity index (χ3v) is 6.32. The van der Waals surface area contributed by atoms with Crippen molar-refractivity contribution in [3.05, 3.63) is 75.4 Å². The third-order valence-electron chi connectivity index (χ3n) is 5.77. The topological polar surface area (TPSA) is 66.5 Å². The van der Waals surface area contributed by atoms with E-state index in [1.54, 1.807) is 18.3 Å². The van der Waals surface area contributed by atoms with E-state index in [4.69, 9.17) is 23.2 Å². The number of fused-ring (bicyclic) bond motifs is 5. The van der Waals surface area contributed by atoms with Crippen molar-refractivity contribution in [1.82, 2.24) is 10.2 Å². The molecule has 7 heteroatoms. The number of nitrogens with zero attached hydrogens (tertiary/aromatic N) is 1. The molecule has 0 saturated carbocycles. The summed E-state index contributed by atoms with van der Waals surface area (Å²) in [5, 5.41) is 3.05. The van der Waals surface area contributed by atoms with E-state index in [2.05, 4.69) is 5.32 Å². The van der Waals surface area contributed by atoms with Gasteiger partial charge < -0.3 is 4.90 Å². The Kier molecular flexibility index (Phi) is 3.86. The van der Waals surface area contributed by atoms with Crippen LogP contribution in [0.2, 0.25) is 10.0 Å². The van der Waals surface area contributed by atoms with Gasteiger partial charge in [-0.3, -0.25) is 19.7 Å². The molecule has 2 saturated heterocycles. The fourth-order valence-corrected chi connectivity index (χ4v) is 5.12. The molecule has 5 rings (SSSR count). The highest BCUT2D eigenvalue weighted by molar-refractivity contribution is 6.37. The molecule has 0 radical (unpaired) electrons. The first-order chi connectivity index (χ1) is 13.5. The maximum absolute atomic E-state index is 13.4. The quantitative estimate of drug-likeness (QED) is 0.605. The maximum Gasteiger partial charge on any atom is 0.233 e. The monoisotopic (exact) mass is 412 g/mol. The Hall–Kier alpha value is -2.63. The average molecular weight is 413 g/mol. The zero-order valence-electron chi connectivity index (χ0n) is 14.4. The first-order valence-electron chi connectivity index (χ1n) is 8.86. The molecule has 0 aromatic heterocycles. The van der Waals surface area contributed by atoms with Gasteiger partial charge in [0.1, 0.15) is 6.04 Å². The largest absolute Gasteiger partial charge is 0.358 e. The molecule has 2 fully saturated rings. The molecule has 3 heterocycles. The van der Waals surface area contributed by atoms with Crippen molar-refractivity contribution in [2.75, 3.05) is 0 Å². The highest BCUT2D eigenvalue weighted by Crippen LogP contribution is 2.51. The molecule has 2 aromatic rings. The Labute approximate surface area is 170 Å². The van der Waals surface area contributed by atoms with Gasteiger partial charge in [-0.25, -0.2) is 0 Å². The molecule has 2 aromatic carbocycles. The number of imide groups is 1. The van der Waals surface area contributed by atoms with Crippen LogP contribution in [-0.4, -0.2) is 28.5 Å². The Morgan fingerprint density at radius 3 is 2.54 bits per heavy atom. The number of rotatable bonds is 2. The van der Waals surface area contributed by atoms with E-state index < -0.39 is 23.8 Å². The second-order valence-corrected chi connectivity index (χ2v) is 8.02. The Balaban J connectivity index is 1.65. The SMILES string of the molecule is O=C1NC(=O)[C@H]2[C@@H]1[C@H](C(=O)c1ccc(Cl)cc1Cl)N1C=Cc3ccccc3[C@@H]21. The summed E-state index contributed by atoms with van der Waals surface area (Å²) in [7, 11) is 0. The Morgan fingerprint density at radius 1 is 1.00 bits per heavy atom. The summed E-state index contributed by atoms with van der Waals surface area (Å²) in [6.07, 6.45) is 3.71. The molecule has 0 bridgehead atoms. The fourth-order valence-electron chi connectivity index (χ4n) is 4.62. The first-order valence-corrected chi connectivity index (χ1v) is 9.61. The number of Topliss-reactive ketones (excluding diaryl/α,β-unsaturated/α-hetero) is 1. The second kappa shape index (κ2) is 6.19. The van der Waals surface area contributed by atoms with E-state index in [1.807, 2.05) is 35.2 Å². The van der Waals surface area contributed by atoms with Crippen LogP contribution in [0.15, 0.2) is 48.7 Å². The first kappa shape index (κ1) is 17.5. The lowest BCUT2D eigenvalue weighted by Crippen LogP contribution is -2.43. The summed E-state index contributed by atoms with van der Waals surface area (Å²) in [6, 6.07) is 11.2. The van der Waals surface area contributed by atoms with Crippen molar-refractivity contribution in [3.8, 4) is 0 Å². The van der Waals surface area contributed by atoms with E-state index in [0.717, 1.165) is 11.1 Å². The number of hydrogen-bond acceptors (Lipinski definition) is 4. The van der Waals surface area contributed by atoms with Crippen LogP contribution < -0.4 is 5.32 Å². The van der Waals surface area contributed by atoms with Crippen molar-refractivity contribution >= 4 is 46.9 Å². The summed E-state index contributed by atoms with van der Waals surface area (Å²) in [4.78, 5) is 40.5. The fraction of sp³-hybridized carbons (Fsp3) is 0.190. The van der Waals surface area contributed by atoms with Crippen molar-refractivity contribution in [3.63, 3.8) is 0 Å². The molecule has 4 atom stereocenters. The highest BCUT2D eigenvalue weighted by Gasteiger charge is 2.61. The van der Waals surface area contributed by atoms with Gasteiger partial charge in [-0.1, -0.05) is 47.5 Å². The molecule has 0 aliphatic carbocycles. The Bertz CT molecular complexity index is 1080. The van der Waals surface area contributed by atoms with Crippen molar-refractivity contribution in [2.45, 2.75) is 12.1 Å². The number of carbonyl (C=O) groups excluding carboxylic acids is 3. The predicted octanol–water partition coefficient (Wildman–Crippen LogP) is 3.47. The standard InChI is InChI=1S/C21H14Cl2N2O3/c22-11-5-6-13(14(23)9-11)19(26)18-16-15(20(27)24-21(16)28)17-12-4-2-1-3-10(12)7-8-25(17)18/h1-9,15-18H,(H,24,27,28)/t15-,16+,17-,18+/m0/s1. The van der Waals surface area contributed by atoms with E-state index >= 15 is 0 Å². The van der Waals surface area contributed by atoms with Crippen LogP contribution in [0.1, 0.15) is 27.5 Å². The van der Waals surface area contributed by atoms with Gasteiger partial charge in [-0.05, 0) is 35.4 Å². The average Bonchev–Trinajstić information content (AvgIpc) is 3.16.